The maximum absolute atomic E-state index is 14.1. The minimum absolute atomic E-state index is 0.265. The minimum atomic E-state index is -0.823. The molecule has 0 saturated heterocycles. The number of carbonyl (C=O) groups is 3. The van der Waals surface area contributed by atoms with Crippen LogP contribution in [0.5, 0.6) is 0 Å². The van der Waals surface area contributed by atoms with E-state index >= 15 is 0 Å². The smallest absolute Gasteiger partial charge is 0.246 e. The van der Waals surface area contributed by atoms with Crippen molar-refractivity contribution < 1.29 is 14.4 Å². The SMILES string of the molecule is CNC(=O)C(Cc1ccccc1)N(C)C(=O)C(Cc1ccc2ccccc2c1)N(C)C(=O)/C=C(\C)CC(C)(C)N. The molecule has 0 aliphatic heterocycles. The van der Waals surface area contributed by atoms with Gasteiger partial charge in [0.2, 0.25) is 17.7 Å². The second-order valence-electron chi connectivity index (χ2n) is 11.3. The number of fused-ring (bicyclic) bond motifs is 1. The maximum atomic E-state index is 14.1. The molecule has 0 aromatic heterocycles. The standard InChI is InChI=1S/C33H42N4O3/c1-23(22-33(2,3)34)18-30(38)36(5)29(21-25-16-17-26-14-10-11-15-27(26)19-25)32(40)37(6)28(31(39)35-4)20-24-12-8-7-9-13-24/h7-19,28-29H,20-22,34H2,1-6H3,(H,35,39)/b23-18+. The topological polar surface area (TPSA) is 95.7 Å². The van der Waals surface area contributed by atoms with Crippen LogP contribution in [-0.2, 0) is 27.2 Å². The Labute approximate surface area is 238 Å². The number of hydrogen-bond donors (Lipinski definition) is 2. The van der Waals surface area contributed by atoms with E-state index in [-0.39, 0.29) is 17.7 Å². The number of rotatable bonds is 11. The average molecular weight is 543 g/mol. The lowest BCUT2D eigenvalue weighted by atomic mass is 9.96. The van der Waals surface area contributed by atoms with Gasteiger partial charge in [-0.25, -0.2) is 0 Å². The number of nitrogens with two attached hydrogens (primary N) is 1. The van der Waals surface area contributed by atoms with Gasteiger partial charge < -0.3 is 20.9 Å². The number of hydrogen-bond acceptors (Lipinski definition) is 4. The third kappa shape index (κ3) is 8.26. The van der Waals surface area contributed by atoms with Crippen molar-refractivity contribution in [1.29, 1.82) is 0 Å². The van der Waals surface area contributed by atoms with E-state index in [1.165, 1.54) is 9.80 Å². The first-order valence-corrected chi connectivity index (χ1v) is 13.6. The molecule has 3 N–H and O–H groups in total. The van der Waals surface area contributed by atoms with E-state index in [4.69, 9.17) is 5.73 Å². The van der Waals surface area contributed by atoms with E-state index in [0.717, 1.165) is 27.5 Å². The summed E-state index contributed by atoms with van der Waals surface area (Å²) in [5.74, 6) is -0.855. The fourth-order valence-electron chi connectivity index (χ4n) is 5.01. The zero-order valence-electron chi connectivity index (χ0n) is 24.5. The molecule has 3 aromatic carbocycles. The molecule has 2 unspecified atom stereocenters. The van der Waals surface area contributed by atoms with Crippen molar-refractivity contribution in [1.82, 2.24) is 15.1 Å². The highest BCUT2D eigenvalue weighted by atomic mass is 16.2. The molecule has 0 fully saturated rings. The van der Waals surface area contributed by atoms with Gasteiger partial charge in [-0.2, -0.15) is 0 Å². The van der Waals surface area contributed by atoms with Crippen LogP contribution in [0.4, 0.5) is 0 Å². The summed E-state index contributed by atoms with van der Waals surface area (Å²) in [6, 6.07) is 22.1. The van der Waals surface area contributed by atoms with Crippen LogP contribution in [0, 0.1) is 0 Å². The fourth-order valence-corrected chi connectivity index (χ4v) is 5.01. The summed E-state index contributed by atoms with van der Waals surface area (Å²) in [5, 5.41) is 4.85. The lowest BCUT2D eigenvalue weighted by Gasteiger charge is -2.34. The molecular weight excluding hydrogens is 500 g/mol. The molecule has 0 heterocycles. The summed E-state index contributed by atoms with van der Waals surface area (Å²) in [5.41, 5.74) is 8.40. The Morgan fingerprint density at radius 2 is 1.45 bits per heavy atom. The Morgan fingerprint density at radius 3 is 2.08 bits per heavy atom. The number of nitrogens with one attached hydrogen (secondary N) is 1. The second-order valence-corrected chi connectivity index (χ2v) is 11.3. The van der Waals surface area contributed by atoms with Gasteiger partial charge in [-0.05, 0) is 49.1 Å². The Hall–Kier alpha value is -3.97. The maximum Gasteiger partial charge on any atom is 0.246 e. The van der Waals surface area contributed by atoms with E-state index < -0.39 is 17.6 Å². The Morgan fingerprint density at radius 1 is 0.850 bits per heavy atom. The van der Waals surface area contributed by atoms with Crippen LogP contribution >= 0.6 is 0 Å². The normalized spacial score (nSPS) is 13.4. The quantitative estimate of drug-likeness (QED) is 0.357. The Kier molecular flexibility index (Phi) is 10.2. The highest BCUT2D eigenvalue weighted by molar-refractivity contribution is 5.95. The monoisotopic (exact) mass is 542 g/mol. The van der Waals surface area contributed by atoms with Gasteiger partial charge in [0.25, 0.3) is 0 Å². The number of carbonyl (C=O) groups excluding carboxylic acids is 3. The lowest BCUT2D eigenvalue weighted by molar-refractivity contribution is -0.146. The van der Waals surface area contributed by atoms with Crippen LogP contribution in [0.2, 0.25) is 0 Å². The summed E-state index contributed by atoms with van der Waals surface area (Å²) >= 11 is 0. The van der Waals surface area contributed by atoms with Crippen LogP contribution in [-0.4, -0.2) is 66.3 Å². The van der Waals surface area contributed by atoms with Gasteiger partial charge in [-0.15, -0.1) is 0 Å². The van der Waals surface area contributed by atoms with E-state index in [9.17, 15) is 14.4 Å². The number of nitrogens with zero attached hydrogens (tertiary/aromatic N) is 2. The Bertz CT molecular complexity index is 1360. The third-order valence-electron chi connectivity index (χ3n) is 7.08. The summed E-state index contributed by atoms with van der Waals surface area (Å²) in [6.07, 6.45) is 2.76. The molecule has 40 heavy (non-hydrogen) atoms. The van der Waals surface area contributed by atoms with Gasteiger partial charge in [-0.1, -0.05) is 78.4 Å². The van der Waals surface area contributed by atoms with E-state index in [1.54, 1.807) is 27.2 Å². The van der Waals surface area contributed by atoms with Crippen LogP contribution in [0.1, 0.15) is 38.3 Å². The summed E-state index contributed by atoms with van der Waals surface area (Å²) in [6.45, 7) is 5.69. The van der Waals surface area contributed by atoms with Crippen LogP contribution in [0.25, 0.3) is 10.8 Å². The molecule has 0 radical (unpaired) electrons. The van der Waals surface area contributed by atoms with E-state index in [0.29, 0.717) is 19.3 Å². The molecule has 3 aromatic rings. The molecule has 0 bridgehead atoms. The molecule has 2 atom stereocenters. The predicted octanol–water partition coefficient (Wildman–Crippen LogP) is 4.10. The van der Waals surface area contributed by atoms with Gasteiger partial charge in [0.1, 0.15) is 12.1 Å². The van der Waals surface area contributed by atoms with Crippen molar-refractivity contribution in [2.45, 2.75) is 57.7 Å². The first kappa shape index (κ1) is 30.6. The highest BCUT2D eigenvalue weighted by Crippen LogP contribution is 2.21. The van der Waals surface area contributed by atoms with Crippen LogP contribution in [0.15, 0.2) is 84.4 Å². The zero-order valence-corrected chi connectivity index (χ0v) is 24.5. The summed E-state index contributed by atoms with van der Waals surface area (Å²) in [4.78, 5) is 43.5. The van der Waals surface area contributed by atoms with E-state index in [2.05, 4.69) is 5.32 Å². The van der Waals surface area contributed by atoms with Gasteiger partial charge in [0.05, 0.1) is 0 Å². The predicted molar refractivity (Wildman–Crippen MR) is 162 cm³/mol. The molecule has 3 rings (SSSR count). The van der Waals surface area contributed by atoms with Crippen LogP contribution in [0.3, 0.4) is 0 Å². The Balaban J connectivity index is 1.96. The molecule has 7 nitrogen and oxygen atoms in total. The first-order valence-electron chi connectivity index (χ1n) is 13.6. The van der Waals surface area contributed by atoms with Gasteiger partial charge in [-0.3, -0.25) is 14.4 Å². The molecule has 0 spiro atoms. The van der Waals surface area contributed by atoms with Crippen molar-refractivity contribution in [3.63, 3.8) is 0 Å². The summed E-state index contributed by atoms with van der Waals surface area (Å²) < 4.78 is 0. The zero-order chi connectivity index (χ0) is 29.4. The van der Waals surface area contributed by atoms with Crippen molar-refractivity contribution in [3.05, 3.63) is 95.6 Å². The van der Waals surface area contributed by atoms with Gasteiger partial charge in [0, 0.05) is 45.6 Å². The van der Waals surface area contributed by atoms with Crippen molar-refractivity contribution in [2.24, 2.45) is 5.73 Å². The van der Waals surface area contributed by atoms with Crippen molar-refractivity contribution >= 4 is 28.5 Å². The molecule has 3 amide bonds. The van der Waals surface area contributed by atoms with Crippen LogP contribution < -0.4 is 11.1 Å². The molecule has 7 heteroatoms. The van der Waals surface area contributed by atoms with Crippen molar-refractivity contribution in [2.75, 3.05) is 21.1 Å². The highest BCUT2D eigenvalue weighted by Gasteiger charge is 2.34. The van der Waals surface area contributed by atoms with Crippen molar-refractivity contribution in [3.8, 4) is 0 Å². The van der Waals surface area contributed by atoms with Gasteiger partial charge in [0.15, 0.2) is 0 Å². The third-order valence-corrected chi connectivity index (χ3v) is 7.08. The number of amides is 3. The average Bonchev–Trinajstić information content (AvgIpc) is 2.92. The van der Waals surface area contributed by atoms with E-state index in [1.807, 2.05) is 93.6 Å². The molecule has 0 aliphatic carbocycles. The minimum Gasteiger partial charge on any atom is -0.357 e. The molecule has 0 saturated carbocycles. The number of benzene rings is 3. The summed E-state index contributed by atoms with van der Waals surface area (Å²) in [7, 11) is 4.84. The lowest BCUT2D eigenvalue weighted by Crippen LogP contribution is -2.55. The first-order chi connectivity index (χ1) is 18.9. The molecular formula is C33H42N4O3. The largest absolute Gasteiger partial charge is 0.357 e. The molecule has 212 valence electrons. The fraction of sp³-hybridized carbons (Fsp3) is 0.364. The molecule has 0 aliphatic rings. The van der Waals surface area contributed by atoms with Gasteiger partial charge >= 0.3 is 0 Å². The second kappa shape index (κ2) is 13.4. The number of likely N-dealkylation sites (N-methyl/N-ethyl adjacent to an activating group) is 3.